The molecule has 96 valence electrons. The van der Waals surface area contributed by atoms with Crippen LogP contribution in [0.2, 0.25) is 5.02 Å². The molecule has 1 N–H and O–H groups in total. The molecule has 0 aliphatic heterocycles. The minimum absolute atomic E-state index is 0.422. The molecular formula is C14H10BrClN2O. The Labute approximate surface area is 124 Å². The average Bonchev–Trinajstić information content (AvgIpc) is 2.41. The highest BCUT2D eigenvalue weighted by molar-refractivity contribution is 9.10. The lowest BCUT2D eigenvalue weighted by atomic mass is 10.2. The normalized spacial score (nSPS) is 9.79. The van der Waals surface area contributed by atoms with E-state index in [9.17, 15) is 0 Å². The third-order valence-electron chi connectivity index (χ3n) is 2.56. The topological polar surface area (TPSA) is 45.0 Å². The van der Waals surface area contributed by atoms with E-state index in [2.05, 4.69) is 27.3 Å². The van der Waals surface area contributed by atoms with Gasteiger partial charge in [-0.05, 0) is 40.2 Å². The van der Waals surface area contributed by atoms with Gasteiger partial charge in [-0.3, -0.25) is 0 Å². The van der Waals surface area contributed by atoms with Gasteiger partial charge in [0.05, 0.1) is 27.9 Å². The van der Waals surface area contributed by atoms with Crippen molar-refractivity contribution in [2.75, 3.05) is 12.4 Å². The van der Waals surface area contributed by atoms with Crippen LogP contribution in [0.15, 0.2) is 40.9 Å². The molecule has 5 heteroatoms. The van der Waals surface area contributed by atoms with Gasteiger partial charge in [-0.25, -0.2) is 0 Å². The van der Waals surface area contributed by atoms with E-state index in [0.29, 0.717) is 22.0 Å². The number of benzene rings is 2. The Morgan fingerprint density at radius 1 is 1.32 bits per heavy atom. The van der Waals surface area contributed by atoms with Crippen molar-refractivity contribution in [3.8, 4) is 11.8 Å². The third-order valence-corrected chi connectivity index (χ3v) is 3.53. The van der Waals surface area contributed by atoms with Crippen LogP contribution in [-0.2, 0) is 0 Å². The molecule has 2 aromatic carbocycles. The number of nitriles is 1. The maximum absolute atomic E-state index is 9.12. The quantitative estimate of drug-likeness (QED) is 0.881. The number of halogens is 2. The van der Waals surface area contributed by atoms with Crippen molar-refractivity contribution in [1.29, 1.82) is 5.26 Å². The molecule has 0 radical (unpaired) electrons. The summed E-state index contributed by atoms with van der Waals surface area (Å²) in [6, 6.07) is 13.0. The number of nitrogens with zero attached hydrogens (tertiary/aromatic N) is 1. The molecule has 2 rings (SSSR count). The number of methoxy groups -OCH3 is 1. The van der Waals surface area contributed by atoms with E-state index in [0.717, 1.165) is 10.2 Å². The Kier molecular flexibility index (Phi) is 4.31. The van der Waals surface area contributed by atoms with Crippen LogP contribution in [0.3, 0.4) is 0 Å². The summed E-state index contributed by atoms with van der Waals surface area (Å²) >= 11 is 9.37. The minimum Gasteiger partial charge on any atom is -0.495 e. The van der Waals surface area contributed by atoms with E-state index in [1.165, 1.54) is 0 Å². The Hall–Kier alpha value is -1.70. The second-order valence-electron chi connectivity index (χ2n) is 3.75. The fourth-order valence-electron chi connectivity index (χ4n) is 1.63. The van der Waals surface area contributed by atoms with Crippen LogP contribution >= 0.6 is 27.5 Å². The molecule has 3 nitrogen and oxygen atoms in total. The molecule has 0 aliphatic carbocycles. The van der Waals surface area contributed by atoms with Gasteiger partial charge in [-0.1, -0.05) is 17.7 Å². The molecule has 0 spiro atoms. The van der Waals surface area contributed by atoms with E-state index in [-0.39, 0.29) is 0 Å². The fraction of sp³-hybridized carbons (Fsp3) is 0.0714. The average molecular weight is 338 g/mol. The maximum atomic E-state index is 9.12. The van der Waals surface area contributed by atoms with Crippen LogP contribution in [0.25, 0.3) is 0 Å². The van der Waals surface area contributed by atoms with E-state index in [1.54, 1.807) is 25.3 Å². The van der Waals surface area contributed by atoms with E-state index < -0.39 is 0 Å². The molecule has 0 bridgehead atoms. The van der Waals surface area contributed by atoms with Crippen LogP contribution in [0.1, 0.15) is 5.56 Å². The smallest absolute Gasteiger partial charge is 0.135 e. The zero-order valence-electron chi connectivity index (χ0n) is 10.1. The number of anilines is 2. The summed E-state index contributed by atoms with van der Waals surface area (Å²) in [4.78, 5) is 0. The molecule has 0 atom stereocenters. The Balaban J connectivity index is 2.37. The van der Waals surface area contributed by atoms with Gasteiger partial charge < -0.3 is 10.1 Å². The van der Waals surface area contributed by atoms with Gasteiger partial charge in [-0.2, -0.15) is 5.26 Å². The fourth-order valence-corrected chi connectivity index (χ4v) is 2.26. The summed E-state index contributed by atoms with van der Waals surface area (Å²) in [6.07, 6.45) is 0. The van der Waals surface area contributed by atoms with E-state index >= 15 is 0 Å². The highest BCUT2D eigenvalue weighted by atomic mass is 79.9. The Bertz CT molecular complexity index is 652. The predicted octanol–water partition coefficient (Wildman–Crippen LogP) is 4.73. The molecule has 0 fully saturated rings. The van der Waals surface area contributed by atoms with Crippen LogP contribution in [0, 0.1) is 11.3 Å². The second-order valence-corrected chi connectivity index (χ2v) is 5.01. The molecule has 0 aromatic heterocycles. The maximum Gasteiger partial charge on any atom is 0.135 e. The van der Waals surface area contributed by atoms with Gasteiger partial charge in [0.25, 0.3) is 0 Å². The SMILES string of the molecule is COc1cc(Nc2cccc(Cl)c2C#N)ccc1Br. The van der Waals surface area contributed by atoms with Crippen molar-refractivity contribution in [3.63, 3.8) is 0 Å². The number of hydrogen-bond donors (Lipinski definition) is 1. The van der Waals surface area contributed by atoms with Gasteiger partial charge in [-0.15, -0.1) is 0 Å². The summed E-state index contributed by atoms with van der Waals surface area (Å²) < 4.78 is 6.09. The lowest BCUT2D eigenvalue weighted by molar-refractivity contribution is 0.412. The first-order valence-corrected chi connectivity index (χ1v) is 6.62. The van der Waals surface area contributed by atoms with E-state index in [1.807, 2.05) is 18.2 Å². The van der Waals surface area contributed by atoms with Gasteiger partial charge in [0.1, 0.15) is 11.8 Å². The van der Waals surface area contributed by atoms with Crippen LogP contribution in [0.5, 0.6) is 5.75 Å². The first kappa shape index (κ1) is 13.7. The number of ether oxygens (including phenoxy) is 1. The van der Waals surface area contributed by atoms with Crippen molar-refractivity contribution in [2.45, 2.75) is 0 Å². The molecular weight excluding hydrogens is 328 g/mol. The molecule has 0 heterocycles. The van der Waals surface area contributed by atoms with Crippen molar-refractivity contribution < 1.29 is 4.74 Å². The van der Waals surface area contributed by atoms with Gasteiger partial charge in [0.2, 0.25) is 0 Å². The van der Waals surface area contributed by atoms with Gasteiger partial charge in [0.15, 0.2) is 0 Å². The summed E-state index contributed by atoms with van der Waals surface area (Å²) in [7, 11) is 1.60. The van der Waals surface area contributed by atoms with Crippen molar-refractivity contribution in [1.82, 2.24) is 0 Å². The van der Waals surface area contributed by atoms with Crippen molar-refractivity contribution >= 4 is 38.9 Å². The summed E-state index contributed by atoms with van der Waals surface area (Å²) in [5.41, 5.74) is 1.91. The molecule has 0 unspecified atom stereocenters. The standard InChI is InChI=1S/C14H10BrClN2O/c1-19-14-7-9(5-6-11(14)15)18-13-4-2-3-12(16)10(13)8-17/h2-7,18H,1H3. The molecule has 0 aliphatic rings. The number of nitrogens with one attached hydrogen (secondary N) is 1. The Morgan fingerprint density at radius 2 is 2.11 bits per heavy atom. The van der Waals surface area contributed by atoms with Crippen LogP contribution < -0.4 is 10.1 Å². The second kappa shape index (κ2) is 5.96. The van der Waals surface area contributed by atoms with Crippen LogP contribution in [0.4, 0.5) is 11.4 Å². The third kappa shape index (κ3) is 3.01. The first-order chi connectivity index (χ1) is 9.15. The van der Waals surface area contributed by atoms with Gasteiger partial charge in [0, 0.05) is 11.8 Å². The van der Waals surface area contributed by atoms with Crippen molar-refractivity contribution in [3.05, 3.63) is 51.5 Å². The summed E-state index contributed by atoms with van der Waals surface area (Å²) in [5, 5.41) is 12.7. The lowest BCUT2D eigenvalue weighted by Crippen LogP contribution is -1.95. The molecule has 0 saturated heterocycles. The monoisotopic (exact) mass is 336 g/mol. The minimum atomic E-state index is 0.422. The molecule has 2 aromatic rings. The van der Waals surface area contributed by atoms with E-state index in [4.69, 9.17) is 21.6 Å². The number of rotatable bonds is 3. The van der Waals surface area contributed by atoms with Gasteiger partial charge >= 0.3 is 0 Å². The first-order valence-electron chi connectivity index (χ1n) is 5.45. The lowest BCUT2D eigenvalue weighted by Gasteiger charge is -2.11. The predicted molar refractivity (Wildman–Crippen MR) is 80.1 cm³/mol. The van der Waals surface area contributed by atoms with Crippen molar-refractivity contribution in [2.24, 2.45) is 0 Å². The van der Waals surface area contributed by atoms with Crippen LogP contribution in [-0.4, -0.2) is 7.11 Å². The largest absolute Gasteiger partial charge is 0.495 e. The summed E-state index contributed by atoms with van der Waals surface area (Å²) in [5.74, 6) is 0.713. The summed E-state index contributed by atoms with van der Waals surface area (Å²) in [6.45, 7) is 0. The zero-order chi connectivity index (χ0) is 13.8. The molecule has 19 heavy (non-hydrogen) atoms. The highest BCUT2D eigenvalue weighted by Crippen LogP contribution is 2.31. The Morgan fingerprint density at radius 3 is 2.79 bits per heavy atom. The molecule has 0 saturated carbocycles. The molecule has 0 amide bonds. The number of hydrogen-bond acceptors (Lipinski definition) is 3. The highest BCUT2D eigenvalue weighted by Gasteiger charge is 2.07. The zero-order valence-corrected chi connectivity index (χ0v) is 12.4.